The summed E-state index contributed by atoms with van der Waals surface area (Å²) >= 11 is 6.11. The van der Waals surface area contributed by atoms with Crippen LogP contribution < -0.4 is 0 Å². The maximum Gasteiger partial charge on any atom is 0.358 e. The van der Waals surface area contributed by atoms with Crippen LogP contribution in [0.5, 0.6) is 0 Å². The van der Waals surface area contributed by atoms with Crippen LogP contribution >= 0.6 is 11.6 Å². The third-order valence-electron chi connectivity index (χ3n) is 2.63. The number of carbonyl (C=O) groups is 1. The van der Waals surface area contributed by atoms with Crippen LogP contribution in [-0.4, -0.2) is 26.1 Å². The van der Waals surface area contributed by atoms with Crippen molar-refractivity contribution >= 4 is 17.6 Å². The molecule has 94 valence electrons. The molecule has 2 aromatic rings. The van der Waals surface area contributed by atoms with E-state index in [-0.39, 0.29) is 5.69 Å². The largest absolute Gasteiger partial charge is 0.476 e. The molecular formula is C12H12ClN3O2. The Morgan fingerprint density at radius 1 is 1.50 bits per heavy atom. The number of nitrogens with zero attached hydrogens (tertiary/aromatic N) is 3. The number of halogens is 1. The Morgan fingerprint density at radius 3 is 2.83 bits per heavy atom. The smallest absolute Gasteiger partial charge is 0.358 e. The van der Waals surface area contributed by atoms with Gasteiger partial charge in [0, 0.05) is 0 Å². The average Bonchev–Trinajstić information content (AvgIpc) is 2.75. The summed E-state index contributed by atoms with van der Waals surface area (Å²) in [5.41, 5.74) is 2.17. The Hall–Kier alpha value is -1.88. The number of rotatable bonds is 3. The molecule has 0 amide bonds. The minimum absolute atomic E-state index is 0.0323. The Kier molecular flexibility index (Phi) is 3.34. The SMILES string of the molecule is CCc1c(C(=O)O)nnn1-c1cc(C)ccc1Cl. The highest BCUT2D eigenvalue weighted by atomic mass is 35.5. The lowest BCUT2D eigenvalue weighted by Crippen LogP contribution is -2.06. The summed E-state index contributed by atoms with van der Waals surface area (Å²) in [6.45, 7) is 3.78. The van der Waals surface area contributed by atoms with Gasteiger partial charge in [0.15, 0.2) is 5.69 Å². The quantitative estimate of drug-likeness (QED) is 0.926. The molecule has 0 aliphatic heterocycles. The van der Waals surface area contributed by atoms with Crippen molar-refractivity contribution in [3.63, 3.8) is 0 Å². The van der Waals surface area contributed by atoms with Crippen LogP contribution in [0.3, 0.4) is 0 Å². The van der Waals surface area contributed by atoms with E-state index < -0.39 is 5.97 Å². The topological polar surface area (TPSA) is 68.0 Å². The van der Waals surface area contributed by atoms with Crippen LogP contribution in [0.2, 0.25) is 5.02 Å². The molecule has 1 aromatic carbocycles. The van der Waals surface area contributed by atoms with E-state index in [0.717, 1.165) is 5.56 Å². The summed E-state index contributed by atoms with van der Waals surface area (Å²) < 4.78 is 1.48. The second-order valence-electron chi connectivity index (χ2n) is 3.91. The van der Waals surface area contributed by atoms with Gasteiger partial charge >= 0.3 is 5.97 Å². The van der Waals surface area contributed by atoms with Crippen LogP contribution in [-0.2, 0) is 6.42 Å². The van der Waals surface area contributed by atoms with Crippen LogP contribution in [0.15, 0.2) is 18.2 Å². The first-order chi connectivity index (χ1) is 8.54. The molecule has 2 rings (SSSR count). The summed E-state index contributed by atoms with van der Waals surface area (Å²) in [6.07, 6.45) is 0.513. The molecule has 0 fully saturated rings. The predicted molar refractivity (Wildman–Crippen MR) is 67.4 cm³/mol. The molecular weight excluding hydrogens is 254 g/mol. The monoisotopic (exact) mass is 265 g/mol. The van der Waals surface area contributed by atoms with Crippen molar-refractivity contribution in [2.45, 2.75) is 20.3 Å². The minimum atomic E-state index is -1.08. The number of hydrogen-bond acceptors (Lipinski definition) is 3. The van der Waals surface area contributed by atoms with Crippen molar-refractivity contribution in [1.29, 1.82) is 0 Å². The molecule has 1 aromatic heterocycles. The second kappa shape index (κ2) is 4.78. The third kappa shape index (κ3) is 2.09. The molecule has 0 atom stereocenters. The lowest BCUT2D eigenvalue weighted by atomic mass is 10.2. The van der Waals surface area contributed by atoms with Gasteiger partial charge in [0.25, 0.3) is 0 Å². The van der Waals surface area contributed by atoms with Gasteiger partial charge in [-0.25, -0.2) is 9.48 Å². The molecule has 0 spiro atoms. The first kappa shape index (κ1) is 12.6. The van der Waals surface area contributed by atoms with E-state index >= 15 is 0 Å². The van der Waals surface area contributed by atoms with Gasteiger partial charge in [0.2, 0.25) is 0 Å². The Morgan fingerprint density at radius 2 is 2.22 bits per heavy atom. The van der Waals surface area contributed by atoms with Gasteiger partial charge in [-0.2, -0.15) is 0 Å². The van der Waals surface area contributed by atoms with Crippen LogP contribution in [0.25, 0.3) is 5.69 Å². The zero-order valence-electron chi connectivity index (χ0n) is 10.0. The number of hydrogen-bond donors (Lipinski definition) is 1. The van der Waals surface area contributed by atoms with Gasteiger partial charge < -0.3 is 5.11 Å². The molecule has 0 radical (unpaired) electrons. The fourth-order valence-electron chi connectivity index (χ4n) is 1.76. The van der Waals surface area contributed by atoms with E-state index in [1.54, 1.807) is 6.07 Å². The van der Waals surface area contributed by atoms with Gasteiger partial charge in [-0.15, -0.1) is 5.10 Å². The second-order valence-corrected chi connectivity index (χ2v) is 4.32. The van der Waals surface area contributed by atoms with Crippen LogP contribution in [0.4, 0.5) is 0 Å². The maximum absolute atomic E-state index is 11.0. The standard InChI is InChI=1S/C12H12ClN3O2/c1-3-9-11(12(17)18)14-15-16(9)10-6-7(2)4-5-8(10)13/h4-6H,3H2,1-2H3,(H,17,18). The highest BCUT2D eigenvalue weighted by molar-refractivity contribution is 6.32. The summed E-state index contributed by atoms with van der Waals surface area (Å²) in [5, 5.41) is 17.1. The molecule has 6 heteroatoms. The molecule has 0 aliphatic carbocycles. The third-order valence-corrected chi connectivity index (χ3v) is 2.95. The Bertz CT molecular complexity index is 607. The van der Waals surface area contributed by atoms with Crippen molar-refractivity contribution < 1.29 is 9.90 Å². The van der Waals surface area contributed by atoms with Crippen LogP contribution in [0.1, 0.15) is 28.7 Å². The van der Waals surface area contributed by atoms with Gasteiger partial charge in [0.1, 0.15) is 0 Å². The first-order valence-electron chi connectivity index (χ1n) is 5.49. The lowest BCUT2D eigenvalue weighted by Gasteiger charge is -2.08. The molecule has 18 heavy (non-hydrogen) atoms. The number of aryl methyl sites for hydroxylation is 1. The summed E-state index contributed by atoms with van der Waals surface area (Å²) in [7, 11) is 0. The van der Waals surface area contributed by atoms with Crippen molar-refractivity contribution in [3.05, 3.63) is 40.2 Å². The molecule has 0 aliphatic rings. The van der Waals surface area contributed by atoms with E-state index in [1.807, 2.05) is 26.0 Å². The fraction of sp³-hybridized carbons (Fsp3) is 0.250. The van der Waals surface area contributed by atoms with Gasteiger partial charge in [-0.05, 0) is 31.0 Å². The highest BCUT2D eigenvalue weighted by Crippen LogP contribution is 2.23. The lowest BCUT2D eigenvalue weighted by molar-refractivity contribution is 0.0689. The van der Waals surface area contributed by atoms with Gasteiger partial charge in [0.05, 0.1) is 16.4 Å². The molecule has 1 N–H and O–H groups in total. The summed E-state index contributed by atoms with van der Waals surface area (Å²) in [4.78, 5) is 11.0. The molecule has 0 saturated heterocycles. The van der Waals surface area contributed by atoms with Crippen molar-refractivity contribution in [1.82, 2.24) is 15.0 Å². The van der Waals surface area contributed by atoms with Crippen molar-refractivity contribution in [2.24, 2.45) is 0 Å². The zero-order chi connectivity index (χ0) is 13.3. The predicted octanol–water partition coefficient (Wildman–Crippen LogP) is 2.49. The van der Waals surface area contributed by atoms with E-state index in [4.69, 9.17) is 16.7 Å². The first-order valence-corrected chi connectivity index (χ1v) is 5.86. The van der Waals surface area contributed by atoms with Crippen LogP contribution in [0, 0.1) is 6.92 Å². The maximum atomic E-state index is 11.0. The van der Waals surface area contributed by atoms with E-state index in [2.05, 4.69) is 10.3 Å². The van der Waals surface area contributed by atoms with Crippen molar-refractivity contribution in [3.8, 4) is 5.69 Å². The van der Waals surface area contributed by atoms with E-state index in [9.17, 15) is 4.79 Å². The fourth-order valence-corrected chi connectivity index (χ4v) is 1.96. The average molecular weight is 266 g/mol. The van der Waals surface area contributed by atoms with E-state index in [0.29, 0.717) is 22.8 Å². The normalized spacial score (nSPS) is 10.6. The zero-order valence-corrected chi connectivity index (χ0v) is 10.8. The molecule has 5 nitrogen and oxygen atoms in total. The van der Waals surface area contributed by atoms with E-state index in [1.165, 1.54) is 4.68 Å². The minimum Gasteiger partial charge on any atom is -0.476 e. The Balaban J connectivity index is 2.64. The van der Waals surface area contributed by atoms with Crippen molar-refractivity contribution in [2.75, 3.05) is 0 Å². The molecule has 0 saturated carbocycles. The van der Waals surface area contributed by atoms with Gasteiger partial charge in [-0.3, -0.25) is 0 Å². The van der Waals surface area contributed by atoms with Gasteiger partial charge in [-0.1, -0.05) is 29.8 Å². The number of carboxylic acid groups (broad SMARTS) is 1. The summed E-state index contributed by atoms with van der Waals surface area (Å²) in [6, 6.07) is 5.49. The number of benzene rings is 1. The number of aromatic nitrogens is 3. The molecule has 0 unspecified atom stereocenters. The number of aromatic carboxylic acids is 1. The molecule has 1 heterocycles. The Labute approximate surface area is 109 Å². The number of carboxylic acids is 1. The molecule has 0 bridgehead atoms. The summed E-state index contributed by atoms with van der Waals surface area (Å²) in [5.74, 6) is -1.08. The highest BCUT2D eigenvalue weighted by Gasteiger charge is 2.19.